The Morgan fingerprint density at radius 3 is 2.75 bits per heavy atom. The molecular formula is C23H25FN4O4. The molecule has 0 radical (unpaired) electrons. The molecule has 0 atom stereocenters. The number of hydrogen-bond acceptors (Lipinski definition) is 7. The van der Waals surface area contributed by atoms with Gasteiger partial charge < -0.3 is 18.9 Å². The predicted octanol–water partition coefficient (Wildman–Crippen LogP) is 3.24. The summed E-state index contributed by atoms with van der Waals surface area (Å²) in [5.41, 5.74) is 1.08. The molecule has 4 rings (SSSR count). The summed E-state index contributed by atoms with van der Waals surface area (Å²) < 4.78 is 29.6. The van der Waals surface area contributed by atoms with Crippen molar-refractivity contribution in [1.82, 2.24) is 19.9 Å². The smallest absolute Gasteiger partial charge is 0.254 e. The number of methoxy groups -OCH3 is 2. The molecule has 0 spiro atoms. The van der Waals surface area contributed by atoms with Gasteiger partial charge >= 0.3 is 0 Å². The Balaban J connectivity index is 1.40. The lowest BCUT2D eigenvalue weighted by Gasteiger charge is -2.21. The van der Waals surface area contributed by atoms with E-state index in [0.717, 1.165) is 13.0 Å². The second kappa shape index (κ2) is 9.78. The van der Waals surface area contributed by atoms with Gasteiger partial charge in [-0.05, 0) is 36.8 Å². The van der Waals surface area contributed by atoms with Crippen molar-refractivity contribution < 1.29 is 23.2 Å². The first-order valence-corrected chi connectivity index (χ1v) is 10.4. The molecule has 0 unspecified atom stereocenters. The lowest BCUT2D eigenvalue weighted by atomic mass is 10.2. The third-order valence-corrected chi connectivity index (χ3v) is 5.42. The predicted molar refractivity (Wildman–Crippen MR) is 115 cm³/mol. The van der Waals surface area contributed by atoms with Crippen molar-refractivity contribution in [3.8, 4) is 22.9 Å². The van der Waals surface area contributed by atoms with Gasteiger partial charge in [0.05, 0.1) is 26.3 Å². The second-order valence-corrected chi connectivity index (χ2v) is 7.51. The number of amides is 1. The molecule has 1 aromatic heterocycles. The lowest BCUT2D eigenvalue weighted by Crippen LogP contribution is -2.35. The van der Waals surface area contributed by atoms with Crippen molar-refractivity contribution in [1.29, 1.82) is 0 Å². The lowest BCUT2D eigenvalue weighted by molar-refractivity contribution is 0.0760. The summed E-state index contributed by atoms with van der Waals surface area (Å²) in [5.74, 6) is 1.64. The van der Waals surface area contributed by atoms with E-state index in [4.69, 9.17) is 14.0 Å². The summed E-state index contributed by atoms with van der Waals surface area (Å²) in [4.78, 5) is 21.2. The van der Waals surface area contributed by atoms with Gasteiger partial charge in [0.15, 0.2) is 0 Å². The standard InChI is InChI=1S/C23H25FN4O4/c1-30-18-7-8-19(20(14-18)31-2)22-25-21(32-26-22)15-27-9-4-10-28(12-11-27)23(29)16-5-3-6-17(24)13-16/h3,5-8,13-14H,4,9-12,15H2,1-2H3. The molecule has 8 nitrogen and oxygen atoms in total. The Bertz CT molecular complexity index is 1090. The fourth-order valence-electron chi connectivity index (χ4n) is 3.74. The highest BCUT2D eigenvalue weighted by molar-refractivity contribution is 5.94. The summed E-state index contributed by atoms with van der Waals surface area (Å²) in [6, 6.07) is 11.2. The molecule has 2 heterocycles. The molecule has 0 bridgehead atoms. The van der Waals surface area contributed by atoms with Crippen LogP contribution in [0.2, 0.25) is 0 Å². The van der Waals surface area contributed by atoms with E-state index in [-0.39, 0.29) is 5.91 Å². The minimum Gasteiger partial charge on any atom is -0.497 e. The van der Waals surface area contributed by atoms with Gasteiger partial charge in [-0.2, -0.15) is 4.98 Å². The zero-order chi connectivity index (χ0) is 22.5. The topological polar surface area (TPSA) is 80.9 Å². The first-order valence-electron chi connectivity index (χ1n) is 10.4. The van der Waals surface area contributed by atoms with E-state index < -0.39 is 5.82 Å². The van der Waals surface area contributed by atoms with Crippen molar-refractivity contribution in [2.24, 2.45) is 0 Å². The Hall–Kier alpha value is -3.46. The number of hydrogen-bond donors (Lipinski definition) is 0. The molecule has 3 aromatic rings. The largest absolute Gasteiger partial charge is 0.497 e. The van der Waals surface area contributed by atoms with Crippen LogP contribution >= 0.6 is 0 Å². The molecular weight excluding hydrogens is 415 g/mol. The molecule has 1 fully saturated rings. The van der Waals surface area contributed by atoms with Crippen molar-refractivity contribution in [3.63, 3.8) is 0 Å². The van der Waals surface area contributed by atoms with Gasteiger partial charge in [0.1, 0.15) is 17.3 Å². The van der Waals surface area contributed by atoms with Gasteiger partial charge in [-0.15, -0.1) is 0 Å². The first kappa shape index (κ1) is 21.8. The quantitative estimate of drug-likeness (QED) is 0.582. The number of carbonyl (C=O) groups is 1. The molecule has 9 heteroatoms. The highest BCUT2D eigenvalue weighted by atomic mass is 19.1. The zero-order valence-electron chi connectivity index (χ0n) is 18.1. The van der Waals surface area contributed by atoms with Crippen LogP contribution in [0.25, 0.3) is 11.4 Å². The average molecular weight is 440 g/mol. The van der Waals surface area contributed by atoms with E-state index in [0.29, 0.717) is 60.5 Å². The maximum atomic E-state index is 13.5. The summed E-state index contributed by atoms with van der Waals surface area (Å²) in [6.45, 7) is 3.08. The Morgan fingerprint density at radius 1 is 1.09 bits per heavy atom. The fraction of sp³-hybridized carbons (Fsp3) is 0.348. The average Bonchev–Trinajstić information content (AvgIpc) is 3.15. The van der Waals surface area contributed by atoms with Crippen LogP contribution in [0.15, 0.2) is 47.0 Å². The summed E-state index contributed by atoms with van der Waals surface area (Å²) in [7, 11) is 3.17. The van der Waals surface area contributed by atoms with Crippen molar-refractivity contribution in [3.05, 3.63) is 59.7 Å². The van der Waals surface area contributed by atoms with Gasteiger partial charge in [0.25, 0.3) is 5.91 Å². The normalized spacial score (nSPS) is 14.8. The molecule has 0 aliphatic carbocycles. The van der Waals surface area contributed by atoms with E-state index in [1.165, 1.54) is 12.1 Å². The van der Waals surface area contributed by atoms with E-state index >= 15 is 0 Å². The maximum Gasteiger partial charge on any atom is 0.254 e. The van der Waals surface area contributed by atoms with E-state index in [1.54, 1.807) is 37.3 Å². The number of nitrogens with zero attached hydrogens (tertiary/aromatic N) is 4. The number of halogens is 1. The molecule has 1 aliphatic rings. The highest BCUT2D eigenvalue weighted by Gasteiger charge is 2.22. The van der Waals surface area contributed by atoms with E-state index in [2.05, 4.69) is 15.0 Å². The number of carbonyl (C=O) groups excluding carboxylic acids is 1. The van der Waals surface area contributed by atoms with Crippen LogP contribution in [0.5, 0.6) is 11.5 Å². The van der Waals surface area contributed by atoms with Crippen LogP contribution in [-0.2, 0) is 6.54 Å². The molecule has 1 amide bonds. The summed E-state index contributed by atoms with van der Waals surface area (Å²) in [5, 5.41) is 4.10. The Kier molecular flexibility index (Phi) is 6.65. The van der Waals surface area contributed by atoms with Gasteiger partial charge in [-0.1, -0.05) is 11.2 Å². The van der Waals surface area contributed by atoms with Crippen molar-refractivity contribution in [2.75, 3.05) is 40.4 Å². The molecule has 0 saturated carbocycles. The fourth-order valence-corrected chi connectivity index (χ4v) is 3.74. The third kappa shape index (κ3) is 4.88. The molecule has 168 valence electrons. The van der Waals surface area contributed by atoms with E-state index in [1.807, 2.05) is 12.1 Å². The zero-order valence-corrected chi connectivity index (χ0v) is 18.1. The third-order valence-electron chi connectivity index (χ3n) is 5.42. The minimum atomic E-state index is -0.409. The molecule has 1 aliphatic heterocycles. The van der Waals surface area contributed by atoms with Gasteiger partial charge in [0, 0.05) is 37.8 Å². The highest BCUT2D eigenvalue weighted by Crippen LogP contribution is 2.31. The van der Waals surface area contributed by atoms with Crippen molar-refractivity contribution >= 4 is 5.91 Å². The van der Waals surface area contributed by atoms with Crippen LogP contribution in [0.3, 0.4) is 0 Å². The molecule has 2 aromatic carbocycles. The molecule has 0 N–H and O–H groups in total. The number of rotatable bonds is 6. The Morgan fingerprint density at radius 2 is 1.97 bits per heavy atom. The van der Waals surface area contributed by atoms with E-state index in [9.17, 15) is 9.18 Å². The summed E-state index contributed by atoms with van der Waals surface area (Å²) >= 11 is 0. The van der Waals surface area contributed by atoms with Gasteiger partial charge in [-0.25, -0.2) is 4.39 Å². The molecule has 32 heavy (non-hydrogen) atoms. The van der Waals surface area contributed by atoms with Crippen LogP contribution in [0.1, 0.15) is 22.7 Å². The summed E-state index contributed by atoms with van der Waals surface area (Å²) in [6.07, 6.45) is 0.800. The second-order valence-electron chi connectivity index (χ2n) is 7.51. The van der Waals surface area contributed by atoms with Crippen molar-refractivity contribution in [2.45, 2.75) is 13.0 Å². The van der Waals surface area contributed by atoms with Crippen LogP contribution < -0.4 is 9.47 Å². The Labute approximate surface area is 185 Å². The number of benzene rings is 2. The minimum absolute atomic E-state index is 0.155. The number of aromatic nitrogens is 2. The maximum absolute atomic E-state index is 13.5. The van der Waals surface area contributed by atoms with Crippen LogP contribution in [0.4, 0.5) is 4.39 Å². The van der Waals surface area contributed by atoms with Crippen LogP contribution in [0, 0.1) is 5.82 Å². The van der Waals surface area contributed by atoms with Gasteiger partial charge in [-0.3, -0.25) is 9.69 Å². The monoisotopic (exact) mass is 440 g/mol. The first-order chi connectivity index (χ1) is 15.6. The van der Waals surface area contributed by atoms with Gasteiger partial charge in [0.2, 0.25) is 11.7 Å². The molecule has 1 saturated heterocycles. The van der Waals surface area contributed by atoms with Crippen LogP contribution in [-0.4, -0.2) is 66.2 Å². The number of ether oxygens (including phenoxy) is 2. The SMILES string of the molecule is COc1ccc(-c2noc(CN3CCCN(C(=O)c4cccc(F)c4)CC3)n2)c(OC)c1.